The number of carbonyl (C=O) groups is 1. The molecule has 9 heteroatoms. The van der Waals surface area contributed by atoms with E-state index in [4.69, 9.17) is 0 Å². The number of nitrogens with zero attached hydrogens (tertiary/aromatic N) is 4. The standard InChI is InChI=1S/C17H21N3O2.C10H11F3N/c1-5-13-15(16(21)22)20-7-6-19(17(20)18-13)14-11(3)8-10(2)9-12(14)4;11-10(12,13)6-7-14-8-9-4-2-1-3-5-9/h8-9H,5-7H2,1-4H3,(H,21,22);1-5H,6-8H2/q;-1. The minimum Gasteiger partial charge on any atom is -0.658 e. The molecule has 0 saturated carbocycles. The molecule has 0 radical (unpaired) electrons. The van der Waals surface area contributed by atoms with E-state index in [1.54, 1.807) is 0 Å². The molecule has 6 nitrogen and oxygen atoms in total. The van der Waals surface area contributed by atoms with Gasteiger partial charge in [0.2, 0.25) is 5.95 Å². The summed E-state index contributed by atoms with van der Waals surface area (Å²) in [5.41, 5.74) is 6.72. The molecule has 1 aliphatic heterocycles. The molecule has 1 aromatic heterocycles. The Morgan fingerprint density at radius 3 is 2.28 bits per heavy atom. The van der Waals surface area contributed by atoms with Gasteiger partial charge in [-0.2, -0.15) is 13.2 Å². The average Bonchev–Trinajstić information content (AvgIpc) is 3.36. The summed E-state index contributed by atoms with van der Waals surface area (Å²) in [5.74, 6) is -0.140. The summed E-state index contributed by atoms with van der Waals surface area (Å²) in [7, 11) is 0. The molecule has 3 aromatic rings. The van der Waals surface area contributed by atoms with Gasteiger partial charge >= 0.3 is 12.1 Å². The molecule has 2 aromatic carbocycles. The number of imidazole rings is 1. The lowest BCUT2D eigenvalue weighted by atomic mass is 10.0. The number of hydrogen-bond acceptors (Lipinski definition) is 3. The van der Waals surface area contributed by atoms with Crippen LogP contribution >= 0.6 is 0 Å². The molecular weight excluding hydrogens is 469 g/mol. The minimum absolute atomic E-state index is 0.154. The molecule has 194 valence electrons. The predicted molar refractivity (Wildman–Crippen MR) is 135 cm³/mol. The van der Waals surface area contributed by atoms with Crippen LogP contribution < -0.4 is 4.90 Å². The third-order valence-electron chi connectivity index (χ3n) is 5.94. The SMILES string of the molecule is CCc1nc2n(c1C(=O)O)CCN2c1c(C)cc(C)cc1C.FC(F)(F)CC[N-]Cc1ccccc1. The van der Waals surface area contributed by atoms with Gasteiger partial charge in [-0.15, -0.1) is 13.1 Å². The van der Waals surface area contributed by atoms with E-state index < -0.39 is 18.6 Å². The van der Waals surface area contributed by atoms with Gasteiger partial charge in [0.1, 0.15) is 0 Å². The van der Waals surface area contributed by atoms with Crippen molar-refractivity contribution in [2.45, 2.75) is 59.8 Å². The molecule has 0 fully saturated rings. The van der Waals surface area contributed by atoms with Gasteiger partial charge in [0.05, 0.1) is 5.69 Å². The van der Waals surface area contributed by atoms with Crippen molar-refractivity contribution >= 4 is 17.6 Å². The summed E-state index contributed by atoms with van der Waals surface area (Å²) in [6.07, 6.45) is -4.30. The fraction of sp³-hybridized carbons (Fsp3) is 0.407. The predicted octanol–water partition coefficient (Wildman–Crippen LogP) is 6.73. The number of fused-ring (bicyclic) bond motifs is 1. The van der Waals surface area contributed by atoms with E-state index in [0.717, 1.165) is 23.7 Å². The zero-order valence-corrected chi connectivity index (χ0v) is 21.1. The number of aryl methyl sites for hydroxylation is 4. The molecule has 0 saturated heterocycles. The number of aromatic carboxylic acids is 1. The van der Waals surface area contributed by atoms with Gasteiger partial charge in [-0.1, -0.05) is 60.5 Å². The minimum atomic E-state index is -4.10. The lowest BCUT2D eigenvalue weighted by Crippen LogP contribution is -2.17. The van der Waals surface area contributed by atoms with E-state index in [0.29, 0.717) is 30.9 Å². The van der Waals surface area contributed by atoms with E-state index in [2.05, 4.69) is 48.1 Å². The highest BCUT2D eigenvalue weighted by Crippen LogP contribution is 2.36. The molecule has 36 heavy (non-hydrogen) atoms. The molecule has 0 unspecified atom stereocenters. The Bertz CT molecular complexity index is 1170. The highest BCUT2D eigenvalue weighted by Gasteiger charge is 2.31. The average molecular weight is 502 g/mol. The zero-order valence-electron chi connectivity index (χ0n) is 21.1. The number of rotatable bonds is 7. The molecule has 0 aliphatic carbocycles. The van der Waals surface area contributed by atoms with Crippen LogP contribution in [0.1, 0.15) is 51.8 Å². The Kier molecular flexibility index (Phi) is 8.79. The maximum absolute atomic E-state index is 11.7. The van der Waals surface area contributed by atoms with Gasteiger partial charge in [0.25, 0.3) is 0 Å². The number of anilines is 2. The second-order valence-corrected chi connectivity index (χ2v) is 8.87. The van der Waals surface area contributed by atoms with E-state index >= 15 is 0 Å². The number of hydrogen-bond donors (Lipinski definition) is 1. The first kappa shape index (κ1) is 27.3. The quantitative estimate of drug-likeness (QED) is 0.364. The maximum atomic E-state index is 11.7. The van der Waals surface area contributed by atoms with E-state index in [9.17, 15) is 23.1 Å². The number of benzene rings is 2. The topological polar surface area (TPSA) is 72.5 Å². The van der Waals surface area contributed by atoms with E-state index in [1.165, 1.54) is 16.7 Å². The number of aromatic nitrogens is 2. The Morgan fingerprint density at radius 1 is 1.08 bits per heavy atom. The van der Waals surface area contributed by atoms with Crippen LogP contribution in [0.3, 0.4) is 0 Å². The van der Waals surface area contributed by atoms with Crippen LogP contribution in [-0.2, 0) is 19.5 Å². The summed E-state index contributed by atoms with van der Waals surface area (Å²) in [4.78, 5) is 18.3. The fourth-order valence-electron chi connectivity index (χ4n) is 4.50. The lowest BCUT2D eigenvalue weighted by Gasteiger charge is -2.22. The van der Waals surface area contributed by atoms with Crippen LogP contribution in [0.2, 0.25) is 0 Å². The lowest BCUT2D eigenvalue weighted by molar-refractivity contribution is -0.131. The fourth-order valence-corrected chi connectivity index (χ4v) is 4.50. The van der Waals surface area contributed by atoms with Gasteiger partial charge in [-0.25, -0.2) is 9.78 Å². The molecule has 0 spiro atoms. The van der Waals surface area contributed by atoms with Crippen LogP contribution in [0.15, 0.2) is 42.5 Å². The van der Waals surface area contributed by atoms with E-state index in [1.807, 2.05) is 41.8 Å². The highest BCUT2D eigenvalue weighted by molar-refractivity contribution is 5.88. The highest BCUT2D eigenvalue weighted by atomic mass is 19.4. The Morgan fingerprint density at radius 2 is 1.72 bits per heavy atom. The smallest absolute Gasteiger partial charge is 0.387 e. The Hall–Kier alpha value is -3.33. The van der Waals surface area contributed by atoms with Gasteiger partial charge < -0.3 is 19.9 Å². The second-order valence-electron chi connectivity index (χ2n) is 8.87. The molecule has 0 atom stereocenters. The largest absolute Gasteiger partial charge is 0.658 e. The summed E-state index contributed by atoms with van der Waals surface area (Å²) < 4.78 is 37.0. The van der Waals surface area contributed by atoms with Gasteiger partial charge in [-0.05, 0) is 38.3 Å². The molecule has 0 bridgehead atoms. The monoisotopic (exact) mass is 501 g/mol. The number of carboxylic acid groups (broad SMARTS) is 1. The normalized spacial score (nSPS) is 12.8. The van der Waals surface area contributed by atoms with Crippen molar-refractivity contribution in [3.63, 3.8) is 0 Å². The Balaban J connectivity index is 0.000000223. The van der Waals surface area contributed by atoms with Crippen molar-refractivity contribution in [3.05, 3.63) is 81.4 Å². The van der Waals surface area contributed by atoms with Crippen molar-refractivity contribution in [2.75, 3.05) is 18.0 Å². The molecule has 4 rings (SSSR count). The zero-order chi connectivity index (χ0) is 26.5. The van der Waals surface area contributed by atoms with Gasteiger partial charge in [-0.3, -0.25) is 0 Å². The first-order chi connectivity index (χ1) is 17.0. The van der Waals surface area contributed by atoms with E-state index in [-0.39, 0.29) is 6.54 Å². The maximum Gasteiger partial charge on any atom is 0.387 e. The third-order valence-corrected chi connectivity index (χ3v) is 5.94. The van der Waals surface area contributed by atoms with Crippen molar-refractivity contribution in [2.24, 2.45) is 0 Å². The van der Waals surface area contributed by atoms with Crippen LogP contribution in [0.5, 0.6) is 0 Å². The molecule has 0 amide bonds. The molecule has 1 aliphatic rings. The second kappa shape index (κ2) is 11.6. The molecular formula is C27H32F3N4O2-. The van der Waals surface area contributed by atoms with Crippen LogP contribution in [0, 0.1) is 20.8 Å². The van der Waals surface area contributed by atoms with Crippen LogP contribution in [-0.4, -0.2) is 39.9 Å². The van der Waals surface area contributed by atoms with Crippen molar-refractivity contribution < 1.29 is 23.1 Å². The number of carboxylic acids is 1. The van der Waals surface area contributed by atoms with Crippen LogP contribution in [0.4, 0.5) is 24.8 Å². The van der Waals surface area contributed by atoms with Gasteiger partial charge in [0, 0.05) is 25.2 Å². The third kappa shape index (κ3) is 6.66. The number of alkyl halides is 3. The van der Waals surface area contributed by atoms with Crippen LogP contribution in [0.25, 0.3) is 5.32 Å². The van der Waals surface area contributed by atoms with Crippen molar-refractivity contribution in [1.29, 1.82) is 0 Å². The summed E-state index contributed by atoms with van der Waals surface area (Å²) in [6.45, 7) is 9.85. The molecule has 2 heterocycles. The first-order valence-corrected chi connectivity index (χ1v) is 11.9. The van der Waals surface area contributed by atoms with Crippen molar-refractivity contribution in [3.8, 4) is 0 Å². The van der Waals surface area contributed by atoms with Crippen molar-refractivity contribution in [1.82, 2.24) is 9.55 Å². The first-order valence-electron chi connectivity index (χ1n) is 11.9. The molecule has 1 N–H and O–H groups in total. The summed E-state index contributed by atoms with van der Waals surface area (Å²) in [5, 5.41) is 13.3. The summed E-state index contributed by atoms with van der Waals surface area (Å²) >= 11 is 0. The summed E-state index contributed by atoms with van der Waals surface area (Å²) in [6, 6.07) is 13.6. The number of halogens is 3. The Labute approximate surface area is 209 Å². The van der Waals surface area contributed by atoms with Gasteiger partial charge in [0.15, 0.2) is 5.69 Å².